The van der Waals surface area contributed by atoms with E-state index >= 15 is 0 Å². The molecule has 0 aliphatic heterocycles. The maximum absolute atomic E-state index is 6.33. The van der Waals surface area contributed by atoms with E-state index in [4.69, 9.17) is 4.42 Å². The summed E-state index contributed by atoms with van der Waals surface area (Å²) in [6, 6.07) is 68.5. The second kappa shape index (κ2) is 12.1. The molecule has 0 N–H and O–H groups in total. The van der Waals surface area contributed by atoms with Crippen LogP contribution in [0.3, 0.4) is 0 Å². The number of benzene rings is 9. The van der Waals surface area contributed by atoms with Crippen LogP contribution < -0.4 is 4.90 Å². The lowest BCUT2D eigenvalue weighted by Gasteiger charge is -2.29. The lowest BCUT2D eigenvalue weighted by molar-refractivity contribution is 0.660. The van der Waals surface area contributed by atoms with Crippen molar-refractivity contribution in [3.8, 4) is 33.4 Å². The smallest absolute Gasteiger partial charge is 0.136 e. The van der Waals surface area contributed by atoms with Crippen molar-refractivity contribution in [2.24, 2.45) is 0 Å². The van der Waals surface area contributed by atoms with Gasteiger partial charge < -0.3 is 9.32 Å². The van der Waals surface area contributed by atoms with Crippen molar-refractivity contribution in [1.29, 1.82) is 0 Å². The Kier molecular flexibility index (Phi) is 6.93. The summed E-state index contributed by atoms with van der Waals surface area (Å²) in [5, 5.41) is 7.26. The lowest BCUT2D eigenvalue weighted by Crippen LogP contribution is -2.16. The molecule has 0 fully saturated rings. The number of hydrogen-bond acceptors (Lipinski definition) is 2. The van der Waals surface area contributed by atoms with Crippen LogP contribution in [-0.2, 0) is 5.41 Å². The second-order valence-electron chi connectivity index (χ2n) is 15.3. The molecule has 9 aromatic carbocycles. The SMILES string of the molecule is CC1(C)c2ccccc2-c2c(N(c3ccc(-c4ccc5oc6ccc7ccccc7c6c5c4)cc3)c3ccc(-c4cccc5ccccc45)cc3)cccc21. The van der Waals surface area contributed by atoms with Gasteiger partial charge in [-0.05, 0) is 109 Å². The number of rotatable bonds is 5. The van der Waals surface area contributed by atoms with Gasteiger partial charge in [0.1, 0.15) is 11.2 Å². The molecule has 0 bridgehead atoms. The fourth-order valence-electron chi connectivity index (χ4n) is 9.15. The van der Waals surface area contributed by atoms with Gasteiger partial charge in [-0.15, -0.1) is 0 Å². The first-order valence-corrected chi connectivity index (χ1v) is 19.1. The number of anilines is 3. The molecule has 0 spiro atoms. The van der Waals surface area contributed by atoms with Gasteiger partial charge in [0.25, 0.3) is 0 Å². The monoisotopic (exact) mass is 703 g/mol. The van der Waals surface area contributed by atoms with E-state index in [1.54, 1.807) is 0 Å². The quantitative estimate of drug-likeness (QED) is 0.177. The van der Waals surface area contributed by atoms with E-state index in [-0.39, 0.29) is 5.41 Å². The highest BCUT2D eigenvalue weighted by atomic mass is 16.3. The van der Waals surface area contributed by atoms with E-state index in [1.807, 2.05) is 0 Å². The summed E-state index contributed by atoms with van der Waals surface area (Å²) in [5.41, 5.74) is 15.2. The zero-order chi connectivity index (χ0) is 36.7. The molecule has 55 heavy (non-hydrogen) atoms. The molecule has 0 unspecified atom stereocenters. The molecular weight excluding hydrogens is 667 g/mol. The molecule has 2 nitrogen and oxygen atoms in total. The third-order valence-corrected chi connectivity index (χ3v) is 11.9. The van der Waals surface area contributed by atoms with Crippen LogP contribution in [0, 0.1) is 0 Å². The van der Waals surface area contributed by atoms with Gasteiger partial charge in [0.2, 0.25) is 0 Å². The van der Waals surface area contributed by atoms with Gasteiger partial charge in [0.05, 0.1) is 5.69 Å². The Balaban J connectivity index is 1.05. The van der Waals surface area contributed by atoms with Gasteiger partial charge >= 0.3 is 0 Å². The number of fused-ring (bicyclic) bond motifs is 9. The fourth-order valence-corrected chi connectivity index (χ4v) is 9.15. The number of hydrogen-bond donors (Lipinski definition) is 0. The van der Waals surface area contributed by atoms with Gasteiger partial charge in [-0.2, -0.15) is 0 Å². The zero-order valence-electron chi connectivity index (χ0n) is 30.8. The predicted molar refractivity (Wildman–Crippen MR) is 232 cm³/mol. The molecule has 0 saturated carbocycles. The third-order valence-electron chi connectivity index (χ3n) is 11.9. The van der Waals surface area contributed by atoms with Crippen molar-refractivity contribution in [1.82, 2.24) is 0 Å². The van der Waals surface area contributed by atoms with Crippen molar-refractivity contribution in [3.05, 3.63) is 199 Å². The van der Waals surface area contributed by atoms with Crippen LogP contribution in [0.2, 0.25) is 0 Å². The Labute approximate surface area is 320 Å². The zero-order valence-corrected chi connectivity index (χ0v) is 30.8. The van der Waals surface area contributed by atoms with Crippen LogP contribution in [0.15, 0.2) is 192 Å². The molecule has 1 heterocycles. The summed E-state index contributed by atoms with van der Waals surface area (Å²) in [4.78, 5) is 2.44. The Morgan fingerprint density at radius 1 is 0.418 bits per heavy atom. The minimum Gasteiger partial charge on any atom is -0.456 e. The summed E-state index contributed by atoms with van der Waals surface area (Å²) in [6.07, 6.45) is 0. The summed E-state index contributed by atoms with van der Waals surface area (Å²) < 4.78 is 6.33. The normalized spacial score (nSPS) is 13.1. The Hall–Kier alpha value is -6.90. The van der Waals surface area contributed by atoms with Gasteiger partial charge in [-0.25, -0.2) is 0 Å². The largest absolute Gasteiger partial charge is 0.456 e. The molecule has 11 rings (SSSR count). The minimum absolute atomic E-state index is 0.100. The number of furan rings is 1. The Bertz CT molecular complexity index is 3110. The van der Waals surface area contributed by atoms with Crippen LogP contribution >= 0.6 is 0 Å². The van der Waals surface area contributed by atoms with Crippen LogP contribution in [-0.4, -0.2) is 0 Å². The predicted octanol–water partition coefficient (Wildman–Crippen LogP) is 15.0. The van der Waals surface area contributed by atoms with Gasteiger partial charge in [-0.3, -0.25) is 0 Å². The van der Waals surface area contributed by atoms with Crippen molar-refractivity contribution in [3.63, 3.8) is 0 Å². The molecular formula is C53H37NO. The highest BCUT2D eigenvalue weighted by Gasteiger charge is 2.37. The lowest BCUT2D eigenvalue weighted by atomic mass is 9.82. The van der Waals surface area contributed by atoms with Crippen LogP contribution in [0.5, 0.6) is 0 Å². The maximum atomic E-state index is 6.33. The standard InChI is InChI=1S/C53H37NO/c1-53(2)46-18-8-7-16-44(46)52-47(53)19-10-20-48(52)54(40-29-23-37(24-30-40)42-17-9-13-35-11-3-5-14-41(35)42)39-27-21-34(22-28-39)38-26-31-49-45(33-38)51-43-15-6-4-12-36(43)25-32-50(51)55-49/h3-33H,1-2H3. The second-order valence-corrected chi connectivity index (χ2v) is 15.3. The van der Waals surface area contributed by atoms with Crippen LogP contribution in [0.1, 0.15) is 25.0 Å². The molecule has 0 saturated heterocycles. The van der Waals surface area contributed by atoms with E-state index < -0.39 is 0 Å². The van der Waals surface area contributed by atoms with E-state index in [9.17, 15) is 0 Å². The van der Waals surface area contributed by atoms with E-state index in [2.05, 4.69) is 207 Å². The topological polar surface area (TPSA) is 16.4 Å². The molecule has 0 radical (unpaired) electrons. The van der Waals surface area contributed by atoms with E-state index in [0.717, 1.165) is 39.1 Å². The van der Waals surface area contributed by atoms with Gasteiger partial charge in [0.15, 0.2) is 0 Å². The third kappa shape index (κ3) is 4.88. The Morgan fingerprint density at radius 3 is 1.80 bits per heavy atom. The van der Waals surface area contributed by atoms with Crippen LogP contribution in [0.4, 0.5) is 17.1 Å². The molecule has 1 aliphatic rings. The highest BCUT2D eigenvalue weighted by Crippen LogP contribution is 2.54. The maximum Gasteiger partial charge on any atom is 0.136 e. The molecule has 0 amide bonds. The first-order chi connectivity index (χ1) is 27.0. The highest BCUT2D eigenvalue weighted by molar-refractivity contribution is 6.19. The molecule has 260 valence electrons. The molecule has 10 aromatic rings. The summed E-state index contributed by atoms with van der Waals surface area (Å²) in [6.45, 7) is 4.70. The Morgan fingerprint density at radius 2 is 1.00 bits per heavy atom. The van der Waals surface area contributed by atoms with E-state index in [1.165, 1.54) is 66.0 Å². The van der Waals surface area contributed by atoms with Gasteiger partial charge in [-0.1, -0.05) is 153 Å². The average Bonchev–Trinajstić information content (AvgIpc) is 3.73. The van der Waals surface area contributed by atoms with Crippen molar-refractivity contribution in [2.75, 3.05) is 4.90 Å². The van der Waals surface area contributed by atoms with Crippen molar-refractivity contribution in [2.45, 2.75) is 19.3 Å². The van der Waals surface area contributed by atoms with Crippen LogP contribution in [0.25, 0.3) is 76.9 Å². The molecule has 1 aliphatic carbocycles. The van der Waals surface area contributed by atoms with Crippen molar-refractivity contribution < 1.29 is 4.42 Å². The summed E-state index contributed by atoms with van der Waals surface area (Å²) in [7, 11) is 0. The summed E-state index contributed by atoms with van der Waals surface area (Å²) in [5.74, 6) is 0. The van der Waals surface area contributed by atoms with E-state index in [0.29, 0.717) is 0 Å². The average molecular weight is 704 g/mol. The first kappa shape index (κ1) is 31.6. The molecule has 1 aromatic heterocycles. The van der Waals surface area contributed by atoms with Gasteiger partial charge in [0, 0.05) is 33.1 Å². The minimum atomic E-state index is -0.100. The fraction of sp³-hybridized carbons (Fsp3) is 0.0566. The summed E-state index contributed by atoms with van der Waals surface area (Å²) >= 11 is 0. The first-order valence-electron chi connectivity index (χ1n) is 19.1. The molecule has 0 atom stereocenters. The van der Waals surface area contributed by atoms with Crippen molar-refractivity contribution >= 4 is 60.5 Å². The molecule has 2 heteroatoms. The number of nitrogens with zero attached hydrogens (tertiary/aromatic N) is 1.